The highest BCUT2D eigenvalue weighted by molar-refractivity contribution is 5.93. The Hall–Kier alpha value is -3.31. The van der Waals surface area contributed by atoms with Crippen LogP contribution in [0.2, 0.25) is 0 Å². The zero-order valence-electron chi connectivity index (χ0n) is 23.9. The van der Waals surface area contributed by atoms with E-state index in [9.17, 15) is 18.8 Å². The number of aryl methyl sites for hydroxylation is 2. The molecule has 2 aromatic rings. The van der Waals surface area contributed by atoms with Crippen LogP contribution in [-0.2, 0) is 33.7 Å². The highest BCUT2D eigenvalue weighted by Gasteiger charge is 2.38. The molecular formula is C29H41FN6O4. The number of fused-ring (bicyclic) bond motifs is 1. The van der Waals surface area contributed by atoms with Gasteiger partial charge in [-0.05, 0) is 64.3 Å². The van der Waals surface area contributed by atoms with E-state index in [2.05, 4.69) is 15.6 Å². The third-order valence-corrected chi connectivity index (χ3v) is 8.07. The van der Waals surface area contributed by atoms with Gasteiger partial charge in [0.25, 0.3) is 5.91 Å². The summed E-state index contributed by atoms with van der Waals surface area (Å²) in [6.45, 7) is 5.61. The Morgan fingerprint density at radius 1 is 1.18 bits per heavy atom. The van der Waals surface area contributed by atoms with Crippen LogP contribution in [0.5, 0.6) is 0 Å². The van der Waals surface area contributed by atoms with E-state index in [4.69, 9.17) is 4.74 Å². The van der Waals surface area contributed by atoms with Crippen molar-refractivity contribution in [2.45, 2.75) is 76.7 Å². The largest absolute Gasteiger partial charge is 0.379 e. The molecule has 40 heavy (non-hydrogen) atoms. The number of nitrogens with zero attached hydrogens (tertiary/aromatic N) is 4. The Morgan fingerprint density at radius 2 is 1.93 bits per heavy atom. The first-order valence-electron chi connectivity index (χ1n) is 14.1. The summed E-state index contributed by atoms with van der Waals surface area (Å²) >= 11 is 0. The van der Waals surface area contributed by atoms with Crippen LogP contribution in [0.15, 0.2) is 30.5 Å². The summed E-state index contributed by atoms with van der Waals surface area (Å²) in [5, 5.41) is 5.74. The van der Waals surface area contributed by atoms with Crippen LogP contribution in [0.4, 0.5) is 4.39 Å². The molecular weight excluding hydrogens is 515 g/mol. The fourth-order valence-corrected chi connectivity index (χ4v) is 5.38. The van der Waals surface area contributed by atoms with Gasteiger partial charge in [-0.2, -0.15) is 0 Å². The number of carbonyl (C=O) groups excluding carboxylic acids is 3. The van der Waals surface area contributed by atoms with Gasteiger partial charge in [-0.25, -0.2) is 9.37 Å². The molecule has 1 saturated heterocycles. The summed E-state index contributed by atoms with van der Waals surface area (Å²) < 4.78 is 20.9. The van der Waals surface area contributed by atoms with Crippen LogP contribution < -0.4 is 10.6 Å². The molecule has 2 aliphatic rings. The average Bonchev–Trinajstić information content (AvgIpc) is 3.70. The molecule has 0 radical (unpaired) electrons. The molecule has 11 heteroatoms. The number of halogens is 1. The molecule has 1 aromatic heterocycles. The third-order valence-electron chi connectivity index (χ3n) is 8.07. The van der Waals surface area contributed by atoms with E-state index in [1.807, 2.05) is 10.8 Å². The number of imidazole rings is 1. The van der Waals surface area contributed by atoms with E-state index in [-0.39, 0.29) is 29.6 Å². The maximum absolute atomic E-state index is 13.8. The number of amides is 3. The lowest BCUT2D eigenvalue weighted by Gasteiger charge is -2.34. The van der Waals surface area contributed by atoms with Gasteiger partial charge in [-0.1, -0.05) is 12.1 Å². The van der Waals surface area contributed by atoms with Crippen molar-refractivity contribution in [1.82, 2.24) is 30.0 Å². The molecule has 2 aliphatic heterocycles. The number of benzene rings is 1. The van der Waals surface area contributed by atoms with Crippen LogP contribution in [-0.4, -0.2) is 95.1 Å². The second kappa shape index (κ2) is 13.4. The van der Waals surface area contributed by atoms with Crippen molar-refractivity contribution in [2.24, 2.45) is 0 Å². The van der Waals surface area contributed by atoms with Crippen molar-refractivity contribution in [1.29, 1.82) is 0 Å². The fraction of sp³-hybridized carbons (Fsp3) is 0.586. The second-order valence-corrected chi connectivity index (χ2v) is 10.7. The Morgan fingerprint density at radius 3 is 2.60 bits per heavy atom. The molecule has 4 unspecified atom stereocenters. The number of nitrogens with one attached hydrogen (secondary N) is 2. The SMILES string of the molecule is CNC(C)C(=O)NC(C(=O)N1CCCC1CN(CCc1ccc(F)cc1)C(=O)c1cn2c(n1)CCC2)C(C)OC. The van der Waals surface area contributed by atoms with Crippen LogP contribution >= 0.6 is 0 Å². The van der Waals surface area contributed by atoms with Crippen molar-refractivity contribution in [3.8, 4) is 0 Å². The molecule has 0 saturated carbocycles. The number of ether oxygens (including phenoxy) is 1. The van der Waals surface area contributed by atoms with Crippen molar-refractivity contribution in [3.05, 3.63) is 53.4 Å². The van der Waals surface area contributed by atoms with Gasteiger partial charge in [0.2, 0.25) is 11.8 Å². The van der Waals surface area contributed by atoms with Gasteiger partial charge in [0, 0.05) is 51.9 Å². The van der Waals surface area contributed by atoms with Gasteiger partial charge < -0.3 is 29.7 Å². The van der Waals surface area contributed by atoms with Gasteiger partial charge in [0.15, 0.2) is 0 Å². The first kappa shape index (κ1) is 29.7. The molecule has 1 fully saturated rings. The number of likely N-dealkylation sites (tertiary alicyclic amines) is 1. The topological polar surface area (TPSA) is 109 Å². The number of methoxy groups -OCH3 is 1. The zero-order valence-corrected chi connectivity index (χ0v) is 23.9. The molecule has 2 N–H and O–H groups in total. The predicted molar refractivity (Wildman–Crippen MR) is 148 cm³/mol. The van der Waals surface area contributed by atoms with Gasteiger partial charge in [-0.15, -0.1) is 0 Å². The molecule has 0 aliphatic carbocycles. The molecule has 10 nitrogen and oxygen atoms in total. The lowest BCUT2D eigenvalue weighted by Crippen LogP contribution is -2.58. The Balaban J connectivity index is 1.52. The maximum atomic E-state index is 13.8. The summed E-state index contributed by atoms with van der Waals surface area (Å²) in [6.07, 6.45) is 5.24. The zero-order chi connectivity index (χ0) is 28.8. The van der Waals surface area contributed by atoms with Crippen LogP contribution in [0, 0.1) is 5.82 Å². The molecule has 0 spiro atoms. The molecule has 4 atom stereocenters. The minimum Gasteiger partial charge on any atom is -0.379 e. The Bertz CT molecular complexity index is 1160. The van der Waals surface area contributed by atoms with E-state index >= 15 is 0 Å². The Kier molecular flexibility index (Phi) is 9.91. The monoisotopic (exact) mass is 556 g/mol. The van der Waals surface area contributed by atoms with E-state index < -0.39 is 18.2 Å². The summed E-state index contributed by atoms with van der Waals surface area (Å²) in [4.78, 5) is 48.3. The summed E-state index contributed by atoms with van der Waals surface area (Å²) in [6, 6.07) is 4.74. The summed E-state index contributed by atoms with van der Waals surface area (Å²) in [5.74, 6) is -0.0751. The van der Waals surface area contributed by atoms with Crippen molar-refractivity contribution < 1.29 is 23.5 Å². The number of likely N-dealkylation sites (N-methyl/N-ethyl adjacent to an activating group) is 1. The minimum atomic E-state index is -0.853. The van der Waals surface area contributed by atoms with Gasteiger partial charge in [0.05, 0.1) is 12.1 Å². The second-order valence-electron chi connectivity index (χ2n) is 10.7. The lowest BCUT2D eigenvalue weighted by molar-refractivity contribution is -0.141. The number of hydrogen-bond donors (Lipinski definition) is 2. The van der Waals surface area contributed by atoms with Crippen molar-refractivity contribution in [2.75, 3.05) is 33.8 Å². The predicted octanol–water partition coefficient (Wildman–Crippen LogP) is 1.77. The minimum absolute atomic E-state index is 0.179. The molecule has 4 rings (SSSR count). The number of rotatable bonds is 12. The quantitative estimate of drug-likeness (QED) is 0.413. The first-order valence-corrected chi connectivity index (χ1v) is 14.1. The first-order chi connectivity index (χ1) is 19.2. The van der Waals surface area contributed by atoms with E-state index in [1.54, 1.807) is 42.8 Å². The molecule has 0 bridgehead atoms. The van der Waals surface area contributed by atoms with Gasteiger partial charge >= 0.3 is 0 Å². The average molecular weight is 557 g/mol. The van der Waals surface area contributed by atoms with Crippen molar-refractivity contribution in [3.63, 3.8) is 0 Å². The van der Waals surface area contributed by atoms with Gasteiger partial charge in [0.1, 0.15) is 23.4 Å². The van der Waals surface area contributed by atoms with E-state index in [0.29, 0.717) is 31.7 Å². The summed E-state index contributed by atoms with van der Waals surface area (Å²) in [5.41, 5.74) is 1.32. The number of aromatic nitrogens is 2. The number of hydrogen-bond acceptors (Lipinski definition) is 6. The maximum Gasteiger partial charge on any atom is 0.274 e. The highest BCUT2D eigenvalue weighted by atomic mass is 19.1. The highest BCUT2D eigenvalue weighted by Crippen LogP contribution is 2.23. The van der Waals surface area contributed by atoms with Gasteiger partial charge in [-0.3, -0.25) is 14.4 Å². The normalized spacial score (nSPS) is 18.7. The molecule has 218 valence electrons. The molecule has 3 amide bonds. The smallest absolute Gasteiger partial charge is 0.274 e. The van der Waals surface area contributed by atoms with Crippen LogP contribution in [0.25, 0.3) is 0 Å². The fourth-order valence-electron chi connectivity index (χ4n) is 5.38. The summed E-state index contributed by atoms with van der Waals surface area (Å²) in [7, 11) is 3.20. The van der Waals surface area contributed by atoms with Crippen molar-refractivity contribution >= 4 is 17.7 Å². The lowest BCUT2D eigenvalue weighted by atomic mass is 10.1. The van der Waals surface area contributed by atoms with E-state index in [0.717, 1.165) is 43.6 Å². The molecule has 1 aromatic carbocycles. The Labute approximate surface area is 235 Å². The standard InChI is InChI=1S/C29H41FN6O4/c1-19(31-3)27(37)33-26(20(2)40-4)29(39)36-15-5-7-23(36)17-35(16-13-21-9-11-22(30)12-10-21)28(38)24-18-34-14-6-8-25(34)32-24/h9-12,18-20,23,26,31H,5-8,13-17H2,1-4H3,(H,33,37). The number of carbonyl (C=O) groups is 3. The van der Waals surface area contributed by atoms with Crippen LogP contribution in [0.1, 0.15) is 55.0 Å². The van der Waals surface area contributed by atoms with E-state index in [1.165, 1.54) is 19.2 Å². The third kappa shape index (κ3) is 6.87. The molecule has 3 heterocycles. The van der Waals surface area contributed by atoms with Crippen LogP contribution in [0.3, 0.4) is 0 Å².